The normalized spacial score (nSPS) is 0. The van der Waals surface area contributed by atoms with Gasteiger partial charge in [0.1, 0.15) is 0 Å². The minimum atomic E-state index is 0. The maximum Gasteiger partial charge on any atom is 0 e. The average Bonchev–Trinajstić information content (AvgIpc) is 0. The van der Waals surface area contributed by atoms with Crippen molar-refractivity contribution in [2.24, 2.45) is 0 Å². The molecule has 0 heterocycles. The summed E-state index contributed by atoms with van der Waals surface area (Å²) in [6.07, 6.45) is 0. The Bertz CT molecular complexity index is 15.5. The van der Waals surface area contributed by atoms with Crippen molar-refractivity contribution in [3.8, 4) is 0 Å². The first-order valence-electron chi connectivity index (χ1n) is 0. The summed E-state index contributed by atoms with van der Waals surface area (Å²) in [6.45, 7) is 0. The second-order valence-electron chi connectivity index (χ2n) is 0. The van der Waals surface area contributed by atoms with E-state index >= 15 is 0 Å². The molecule has 2 radical (unpaired) electrons. The summed E-state index contributed by atoms with van der Waals surface area (Å²) in [5.74, 6) is 0. The number of hydrogen-bond acceptors (Lipinski definition) is 0. The van der Waals surface area contributed by atoms with E-state index in [1.54, 1.807) is 0 Å². The molecule has 6 heteroatoms. The topological polar surface area (TPSA) is 0 Å². The van der Waals surface area contributed by atoms with Crippen LogP contribution in [0.2, 0.25) is 0 Å². The minimum Gasteiger partial charge on any atom is 0 e. The van der Waals surface area contributed by atoms with Crippen LogP contribution in [-0.2, 0) is 112 Å². The molecule has 0 aliphatic heterocycles. The molecule has 0 aromatic heterocycles. The van der Waals surface area contributed by atoms with Crippen molar-refractivity contribution in [1.82, 2.24) is 0 Å². The van der Waals surface area contributed by atoms with Crippen molar-refractivity contribution in [2.45, 2.75) is 0 Å². The van der Waals surface area contributed by atoms with E-state index in [-0.39, 0.29) is 112 Å². The van der Waals surface area contributed by atoms with Crippen molar-refractivity contribution in [3.05, 3.63) is 0 Å². The van der Waals surface area contributed by atoms with Gasteiger partial charge in [-0.05, 0) is 0 Å². The molecule has 0 aromatic carbocycles. The van der Waals surface area contributed by atoms with Crippen molar-refractivity contribution >= 4 is 0 Å². The first kappa shape index (κ1) is 55.8. The van der Waals surface area contributed by atoms with Crippen molar-refractivity contribution in [3.63, 3.8) is 0 Å². The molecule has 6 heavy (non-hydrogen) atoms. The molecule has 0 bridgehead atoms. The summed E-state index contributed by atoms with van der Waals surface area (Å²) >= 11 is 0. The fraction of sp³-hybridized carbons (Fsp3) is 0. The largest absolute Gasteiger partial charge is 0 e. The zero-order valence-corrected chi connectivity index (χ0v) is 10.7. The number of hydrogen-bond donors (Lipinski definition) is 0. The molecular formula is CrFeMnNbNiTi. The van der Waals surface area contributed by atoms with E-state index < -0.39 is 0 Å². The average molecular weight is 362 g/mol. The van der Waals surface area contributed by atoms with Gasteiger partial charge in [0.2, 0.25) is 0 Å². The van der Waals surface area contributed by atoms with Crippen LogP contribution in [0, 0.1) is 0 Å². The van der Waals surface area contributed by atoms with E-state index in [4.69, 9.17) is 0 Å². The Kier molecular flexibility index (Phi) is 362. The summed E-state index contributed by atoms with van der Waals surface area (Å²) in [4.78, 5) is 0. The van der Waals surface area contributed by atoms with Crippen LogP contribution in [0.1, 0.15) is 0 Å². The Balaban J connectivity index is 0. The molecule has 0 aliphatic carbocycles. The van der Waals surface area contributed by atoms with E-state index in [2.05, 4.69) is 0 Å². The maximum absolute atomic E-state index is 0. The van der Waals surface area contributed by atoms with Gasteiger partial charge in [0, 0.05) is 112 Å². The molecule has 0 aromatic rings. The molecule has 0 spiro atoms. The van der Waals surface area contributed by atoms with Crippen molar-refractivity contribution < 1.29 is 112 Å². The minimum absolute atomic E-state index is 0. The van der Waals surface area contributed by atoms with Gasteiger partial charge in [0.25, 0.3) is 0 Å². The molecule has 40 valence electrons. The molecule has 0 saturated carbocycles. The van der Waals surface area contributed by atoms with Gasteiger partial charge in [-0.3, -0.25) is 0 Å². The quantitative estimate of drug-likeness (QED) is 0.532. The number of rotatable bonds is 0. The van der Waals surface area contributed by atoms with Crippen LogP contribution in [0.4, 0.5) is 0 Å². The molecule has 0 fully saturated rings. The molecule has 0 rings (SSSR count). The van der Waals surface area contributed by atoms with Crippen LogP contribution < -0.4 is 0 Å². The van der Waals surface area contributed by atoms with Gasteiger partial charge in [-0.1, -0.05) is 0 Å². The smallest absolute Gasteiger partial charge is 0 e. The summed E-state index contributed by atoms with van der Waals surface area (Å²) in [5, 5.41) is 0. The standard InChI is InChI=1S/Cr.Fe.Mn.Nb.Ni.Ti. The molecule has 0 amide bonds. The van der Waals surface area contributed by atoms with E-state index in [9.17, 15) is 0 Å². The van der Waals surface area contributed by atoms with Gasteiger partial charge in [0.05, 0.1) is 0 Å². The first-order chi connectivity index (χ1) is 0. The Labute approximate surface area is 110 Å². The van der Waals surface area contributed by atoms with Crippen LogP contribution in [0.25, 0.3) is 0 Å². The molecular weight excluding hydrogens is 362 g/mol. The molecule has 0 nitrogen and oxygen atoms in total. The predicted molar refractivity (Wildman–Crippen MR) is 0 cm³/mol. The van der Waals surface area contributed by atoms with Crippen molar-refractivity contribution in [1.29, 1.82) is 0 Å². The molecule has 0 N–H and O–H groups in total. The van der Waals surface area contributed by atoms with Crippen LogP contribution in [0.5, 0.6) is 0 Å². The van der Waals surface area contributed by atoms with Gasteiger partial charge in [-0.15, -0.1) is 0 Å². The zero-order valence-electron chi connectivity index (χ0n) is 2.40. The zero-order chi connectivity index (χ0) is 0. The maximum atomic E-state index is 0. The Morgan fingerprint density at radius 2 is 1.00 bits per heavy atom. The molecule has 0 saturated heterocycles. The third-order valence-corrected chi connectivity index (χ3v) is 0. The summed E-state index contributed by atoms with van der Waals surface area (Å²) < 4.78 is 0. The van der Waals surface area contributed by atoms with Gasteiger partial charge in [0.15, 0.2) is 0 Å². The van der Waals surface area contributed by atoms with E-state index in [0.717, 1.165) is 0 Å². The third kappa shape index (κ3) is 25.8. The SMILES string of the molecule is [Cr].[Fe].[Mn].[Nb].[Ni].[Ti]. The Hall–Kier alpha value is 3.52. The molecule has 0 atom stereocenters. The van der Waals surface area contributed by atoms with Gasteiger partial charge >= 0.3 is 0 Å². The monoisotopic (exact) mass is 362 g/mol. The summed E-state index contributed by atoms with van der Waals surface area (Å²) in [6, 6.07) is 0. The van der Waals surface area contributed by atoms with Crippen LogP contribution in [-0.4, -0.2) is 0 Å². The van der Waals surface area contributed by atoms with Crippen molar-refractivity contribution in [2.75, 3.05) is 0 Å². The van der Waals surface area contributed by atoms with Gasteiger partial charge in [-0.2, -0.15) is 0 Å². The van der Waals surface area contributed by atoms with Crippen LogP contribution in [0.15, 0.2) is 0 Å². The first-order valence-corrected chi connectivity index (χ1v) is 0. The second kappa shape index (κ2) is 38.9. The van der Waals surface area contributed by atoms with Crippen LogP contribution >= 0.6 is 0 Å². The summed E-state index contributed by atoms with van der Waals surface area (Å²) in [7, 11) is 0. The third-order valence-electron chi connectivity index (χ3n) is 0. The van der Waals surface area contributed by atoms with Gasteiger partial charge in [-0.25, -0.2) is 0 Å². The Morgan fingerprint density at radius 3 is 1.00 bits per heavy atom. The predicted octanol–water partition coefficient (Wildman–Crippen LogP) is -0.0150. The van der Waals surface area contributed by atoms with E-state index in [1.807, 2.05) is 0 Å². The Morgan fingerprint density at radius 1 is 1.00 bits per heavy atom. The molecule has 0 aliphatic rings. The molecule has 0 unspecified atom stereocenters. The fourth-order valence-electron chi connectivity index (χ4n) is 0. The van der Waals surface area contributed by atoms with E-state index in [1.165, 1.54) is 0 Å². The summed E-state index contributed by atoms with van der Waals surface area (Å²) in [5.41, 5.74) is 0. The fourth-order valence-corrected chi connectivity index (χ4v) is 0. The second-order valence-corrected chi connectivity index (χ2v) is 0. The van der Waals surface area contributed by atoms with Crippen LogP contribution in [0.3, 0.4) is 0 Å². The van der Waals surface area contributed by atoms with E-state index in [0.29, 0.717) is 0 Å². The van der Waals surface area contributed by atoms with Gasteiger partial charge < -0.3 is 0 Å².